The predicted molar refractivity (Wildman–Crippen MR) is 123 cm³/mol. The van der Waals surface area contributed by atoms with Crippen molar-refractivity contribution >= 4 is 38.9 Å². The van der Waals surface area contributed by atoms with Crippen LogP contribution in [0.3, 0.4) is 0 Å². The molecule has 0 N–H and O–H groups in total. The Morgan fingerprint density at radius 2 is 1.70 bits per heavy atom. The summed E-state index contributed by atoms with van der Waals surface area (Å²) >= 11 is 5.92. The summed E-state index contributed by atoms with van der Waals surface area (Å²) in [5, 5.41) is 0.442. The molecule has 0 saturated carbocycles. The summed E-state index contributed by atoms with van der Waals surface area (Å²) in [7, 11) is -3.77. The van der Waals surface area contributed by atoms with Crippen LogP contribution in [0.5, 0.6) is 0 Å². The Balaban J connectivity index is 1.76. The summed E-state index contributed by atoms with van der Waals surface area (Å²) in [6, 6.07) is 10.3. The Labute approximate surface area is 196 Å². The Kier molecular flexibility index (Phi) is 7.48. The Hall–Kier alpha value is -2.46. The first-order chi connectivity index (χ1) is 15.4. The zero-order valence-corrected chi connectivity index (χ0v) is 19.8. The molecule has 0 unspecified atom stereocenters. The monoisotopic (exact) mass is 503 g/mol. The summed E-state index contributed by atoms with van der Waals surface area (Å²) in [5.41, 5.74) is 0.0453. The van der Waals surface area contributed by atoms with Gasteiger partial charge in [-0.05, 0) is 48.9 Å². The normalized spacial score (nSPS) is 15.9. The third-order valence-electron chi connectivity index (χ3n) is 5.52. The van der Waals surface area contributed by atoms with Crippen molar-refractivity contribution in [2.45, 2.75) is 25.6 Å². The molecule has 1 aliphatic heterocycles. The minimum absolute atomic E-state index is 0.252. The Morgan fingerprint density at radius 3 is 2.21 bits per heavy atom. The highest BCUT2D eigenvalue weighted by atomic mass is 35.5. The van der Waals surface area contributed by atoms with Crippen molar-refractivity contribution in [1.82, 2.24) is 4.90 Å². The fourth-order valence-electron chi connectivity index (χ4n) is 3.91. The maximum absolute atomic E-state index is 13.3. The second-order valence-corrected chi connectivity index (χ2v) is 10.1. The smallest absolute Gasteiger partial charge is 0.368 e. The molecule has 1 amide bonds. The van der Waals surface area contributed by atoms with Gasteiger partial charge in [0.15, 0.2) is 0 Å². The number of benzene rings is 2. The number of hydrogen-bond acceptors (Lipinski definition) is 4. The molecule has 0 aliphatic carbocycles. The van der Waals surface area contributed by atoms with Crippen molar-refractivity contribution in [2.24, 2.45) is 0 Å². The number of piperazine rings is 1. The summed E-state index contributed by atoms with van der Waals surface area (Å²) in [6.45, 7) is 2.94. The van der Waals surface area contributed by atoms with E-state index in [2.05, 4.69) is 0 Å². The van der Waals surface area contributed by atoms with Gasteiger partial charge in [-0.1, -0.05) is 24.6 Å². The molecule has 3 rings (SSSR count). The van der Waals surface area contributed by atoms with Crippen LogP contribution in [-0.2, 0) is 21.0 Å². The molecule has 0 radical (unpaired) electrons. The van der Waals surface area contributed by atoms with Crippen LogP contribution in [0.1, 0.15) is 18.9 Å². The molecular formula is C22H25ClF3N3O3S. The van der Waals surface area contributed by atoms with Crippen molar-refractivity contribution < 1.29 is 26.4 Å². The number of sulfonamides is 1. The molecule has 33 heavy (non-hydrogen) atoms. The lowest BCUT2D eigenvalue weighted by Crippen LogP contribution is -2.56. The summed E-state index contributed by atoms with van der Waals surface area (Å²) in [5.74, 6) is -0.346. The number of alkyl halides is 3. The van der Waals surface area contributed by atoms with Crippen LogP contribution in [-0.4, -0.2) is 57.7 Å². The van der Waals surface area contributed by atoms with E-state index in [0.717, 1.165) is 22.7 Å². The van der Waals surface area contributed by atoms with Crippen molar-refractivity contribution in [2.75, 3.05) is 41.6 Å². The molecular weight excluding hydrogens is 479 g/mol. The highest BCUT2D eigenvalue weighted by Crippen LogP contribution is 2.32. The van der Waals surface area contributed by atoms with Crippen LogP contribution in [0.4, 0.5) is 24.5 Å². The molecule has 0 aromatic heterocycles. The van der Waals surface area contributed by atoms with Gasteiger partial charge in [0.05, 0.1) is 17.5 Å². The number of halogens is 4. The molecule has 1 aliphatic rings. The minimum atomic E-state index is -4.43. The van der Waals surface area contributed by atoms with E-state index in [1.807, 2.05) is 0 Å². The fraction of sp³-hybridized carbons (Fsp3) is 0.409. The van der Waals surface area contributed by atoms with Gasteiger partial charge < -0.3 is 9.80 Å². The fourth-order valence-corrected chi connectivity index (χ4v) is 5.24. The highest BCUT2D eigenvalue weighted by Gasteiger charge is 2.36. The number of rotatable bonds is 6. The van der Waals surface area contributed by atoms with Crippen LogP contribution in [0.15, 0.2) is 48.5 Å². The first kappa shape index (κ1) is 25.2. The minimum Gasteiger partial charge on any atom is -0.368 e. The van der Waals surface area contributed by atoms with Crippen LogP contribution in [0.25, 0.3) is 0 Å². The van der Waals surface area contributed by atoms with Crippen LogP contribution >= 0.6 is 11.6 Å². The van der Waals surface area contributed by atoms with Gasteiger partial charge in [-0.25, -0.2) is 8.42 Å². The average Bonchev–Trinajstić information content (AvgIpc) is 2.76. The maximum atomic E-state index is 13.3. The quantitative estimate of drug-likeness (QED) is 0.591. The van der Waals surface area contributed by atoms with Gasteiger partial charge in [-0.3, -0.25) is 9.10 Å². The highest BCUT2D eigenvalue weighted by molar-refractivity contribution is 7.92. The molecule has 2 aromatic carbocycles. The first-order valence-electron chi connectivity index (χ1n) is 10.4. The second-order valence-electron chi connectivity index (χ2n) is 7.82. The SMILES string of the molecule is CC[C@H](C(=O)N1CCN(c2cccc(C(F)(F)F)c2)CC1)N(c1ccc(Cl)cc1)S(C)(=O)=O. The number of anilines is 2. The second kappa shape index (κ2) is 9.80. The maximum Gasteiger partial charge on any atom is 0.416 e. The van der Waals surface area contributed by atoms with E-state index < -0.39 is 27.8 Å². The lowest BCUT2D eigenvalue weighted by atomic mass is 10.1. The number of hydrogen-bond donors (Lipinski definition) is 0. The van der Waals surface area contributed by atoms with Crippen LogP contribution in [0, 0.1) is 0 Å². The molecule has 1 saturated heterocycles. The molecule has 0 bridgehead atoms. The summed E-state index contributed by atoms with van der Waals surface area (Å²) in [6.07, 6.45) is -3.13. The number of nitrogens with zero attached hydrogens (tertiary/aromatic N) is 3. The lowest BCUT2D eigenvalue weighted by Gasteiger charge is -2.39. The van der Waals surface area contributed by atoms with Gasteiger partial charge in [-0.2, -0.15) is 13.2 Å². The third-order valence-corrected chi connectivity index (χ3v) is 6.96. The predicted octanol–water partition coefficient (Wildman–Crippen LogP) is 4.25. The topological polar surface area (TPSA) is 60.9 Å². The van der Waals surface area contributed by atoms with Crippen LogP contribution in [0.2, 0.25) is 5.02 Å². The molecule has 1 fully saturated rings. The molecule has 6 nitrogen and oxygen atoms in total. The van der Waals surface area contributed by atoms with Gasteiger partial charge in [0, 0.05) is 36.9 Å². The van der Waals surface area contributed by atoms with Crippen molar-refractivity contribution in [3.05, 3.63) is 59.1 Å². The number of carbonyl (C=O) groups is 1. The van der Waals surface area contributed by atoms with Gasteiger partial charge in [0.25, 0.3) is 0 Å². The van der Waals surface area contributed by atoms with Crippen molar-refractivity contribution in [3.8, 4) is 0 Å². The zero-order valence-electron chi connectivity index (χ0n) is 18.2. The third kappa shape index (κ3) is 5.92. The van der Waals surface area contributed by atoms with E-state index in [0.29, 0.717) is 29.5 Å². The largest absolute Gasteiger partial charge is 0.416 e. The van der Waals surface area contributed by atoms with Crippen molar-refractivity contribution in [1.29, 1.82) is 0 Å². The Bertz CT molecular complexity index is 1090. The zero-order chi connectivity index (χ0) is 24.4. The summed E-state index contributed by atoms with van der Waals surface area (Å²) < 4.78 is 65.4. The average molecular weight is 504 g/mol. The summed E-state index contributed by atoms with van der Waals surface area (Å²) in [4.78, 5) is 16.7. The molecule has 0 spiro atoms. The molecule has 1 heterocycles. The van der Waals surface area contributed by atoms with Gasteiger partial charge >= 0.3 is 6.18 Å². The Morgan fingerprint density at radius 1 is 1.09 bits per heavy atom. The standard InChI is InChI=1S/C22H25ClF3N3O3S/c1-3-20(29(33(2,31)32)18-9-7-17(23)8-10-18)21(30)28-13-11-27(12-14-28)19-6-4-5-16(15-19)22(24,25)26/h4-10,15,20H,3,11-14H2,1-2H3/t20-/m1/s1. The molecule has 2 aromatic rings. The number of amides is 1. The van der Waals surface area contributed by atoms with Crippen molar-refractivity contribution in [3.63, 3.8) is 0 Å². The van der Waals surface area contributed by atoms with Gasteiger partial charge in [-0.15, -0.1) is 0 Å². The van der Waals surface area contributed by atoms with E-state index in [1.165, 1.54) is 6.07 Å². The van der Waals surface area contributed by atoms with E-state index >= 15 is 0 Å². The molecule has 1 atom stereocenters. The first-order valence-corrected chi connectivity index (χ1v) is 12.6. The van der Waals surface area contributed by atoms with E-state index in [-0.39, 0.29) is 25.4 Å². The number of carbonyl (C=O) groups excluding carboxylic acids is 1. The molecule has 11 heteroatoms. The molecule has 180 valence electrons. The lowest BCUT2D eigenvalue weighted by molar-refractivity contribution is -0.137. The van der Waals surface area contributed by atoms with E-state index in [1.54, 1.807) is 47.1 Å². The van der Waals surface area contributed by atoms with Gasteiger partial charge in [0.2, 0.25) is 15.9 Å². The van der Waals surface area contributed by atoms with Crippen LogP contribution < -0.4 is 9.21 Å². The van der Waals surface area contributed by atoms with E-state index in [4.69, 9.17) is 11.6 Å². The van der Waals surface area contributed by atoms with Gasteiger partial charge in [0.1, 0.15) is 6.04 Å². The van der Waals surface area contributed by atoms with E-state index in [9.17, 15) is 26.4 Å².